The van der Waals surface area contributed by atoms with Crippen molar-refractivity contribution < 1.29 is 44.1 Å². The predicted molar refractivity (Wildman–Crippen MR) is 109 cm³/mol. The molecule has 4 unspecified atom stereocenters. The summed E-state index contributed by atoms with van der Waals surface area (Å²) in [5.41, 5.74) is 10.4. The van der Waals surface area contributed by atoms with E-state index in [4.69, 9.17) is 21.7 Å². The van der Waals surface area contributed by atoms with Gasteiger partial charge in [0.2, 0.25) is 23.6 Å². The van der Waals surface area contributed by atoms with Gasteiger partial charge < -0.3 is 42.7 Å². The highest BCUT2D eigenvalue weighted by atomic mass is 16.4. The second kappa shape index (κ2) is 13.9. The van der Waals surface area contributed by atoms with Crippen LogP contribution in [0.4, 0.5) is 0 Å². The van der Waals surface area contributed by atoms with Gasteiger partial charge in [0.15, 0.2) is 0 Å². The third-order valence-corrected chi connectivity index (χ3v) is 4.35. The van der Waals surface area contributed by atoms with Crippen molar-refractivity contribution in [2.75, 3.05) is 6.61 Å². The van der Waals surface area contributed by atoms with Gasteiger partial charge >= 0.3 is 11.9 Å². The number of carbonyl (C=O) groups excluding carboxylic acids is 4. The molecule has 182 valence electrons. The van der Waals surface area contributed by atoms with Crippen LogP contribution in [-0.2, 0) is 28.8 Å². The molecule has 0 bridgehead atoms. The number of nitrogens with two attached hydrogens (primary N) is 2. The van der Waals surface area contributed by atoms with Crippen molar-refractivity contribution in [3.8, 4) is 0 Å². The number of carbonyl (C=O) groups is 6. The summed E-state index contributed by atoms with van der Waals surface area (Å²) < 4.78 is 0. The molecule has 0 aromatic carbocycles. The Morgan fingerprint density at radius 2 is 1.34 bits per heavy atom. The van der Waals surface area contributed by atoms with E-state index in [0.29, 0.717) is 0 Å². The second-order valence-electron chi connectivity index (χ2n) is 7.42. The van der Waals surface area contributed by atoms with Crippen molar-refractivity contribution in [2.45, 2.75) is 63.7 Å². The summed E-state index contributed by atoms with van der Waals surface area (Å²) in [6.45, 7) is 2.42. The van der Waals surface area contributed by atoms with Gasteiger partial charge in [0.25, 0.3) is 0 Å². The molecule has 0 aliphatic carbocycles. The van der Waals surface area contributed by atoms with E-state index in [9.17, 15) is 33.9 Å². The van der Waals surface area contributed by atoms with E-state index in [2.05, 4.69) is 16.0 Å². The summed E-state index contributed by atoms with van der Waals surface area (Å²) in [4.78, 5) is 70.3. The van der Waals surface area contributed by atoms with E-state index in [0.717, 1.165) is 0 Å². The third kappa shape index (κ3) is 10.7. The van der Waals surface area contributed by atoms with Crippen LogP contribution in [0.1, 0.15) is 39.5 Å². The third-order valence-electron chi connectivity index (χ3n) is 4.35. The summed E-state index contributed by atoms with van der Waals surface area (Å²) in [5.74, 6) is -6.58. The maximum Gasteiger partial charge on any atom is 0.326 e. The Morgan fingerprint density at radius 1 is 0.812 bits per heavy atom. The summed E-state index contributed by atoms with van der Waals surface area (Å²) in [5, 5.41) is 33.9. The molecular weight excluding hydrogens is 430 g/mol. The summed E-state index contributed by atoms with van der Waals surface area (Å²) in [6.07, 6.45) is -1.36. The molecule has 0 heterocycles. The normalized spacial score (nSPS) is 14.5. The largest absolute Gasteiger partial charge is 0.481 e. The zero-order chi connectivity index (χ0) is 25.0. The first-order chi connectivity index (χ1) is 14.8. The zero-order valence-electron chi connectivity index (χ0n) is 17.9. The van der Waals surface area contributed by atoms with Crippen molar-refractivity contribution in [2.24, 2.45) is 17.4 Å². The topological polar surface area (TPSA) is 251 Å². The minimum absolute atomic E-state index is 0.258. The molecule has 32 heavy (non-hydrogen) atoms. The molecule has 0 aromatic heterocycles. The highest BCUT2D eigenvalue weighted by Gasteiger charge is 2.32. The summed E-state index contributed by atoms with van der Waals surface area (Å²) in [6, 6.07) is -5.40. The highest BCUT2D eigenvalue weighted by molar-refractivity contribution is 5.94. The highest BCUT2D eigenvalue weighted by Crippen LogP contribution is 2.07. The average molecular weight is 461 g/mol. The van der Waals surface area contributed by atoms with E-state index >= 15 is 0 Å². The van der Waals surface area contributed by atoms with Gasteiger partial charge in [-0.05, 0) is 18.8 Å². The number of amides is 4. The van der Waals surface area contributed by atoms with Gasteiger partial charge in [0.05, 0.1) is 6.61 Å². The zero-order valence-corrected chi connectivity index (χ0v) is 17.9. The van der Waals surface area contributed by atoms with Crippen molar-refractivity contribution in [1.29, 1.82) is 0 Å². The first-order valence-corrected chi connectivity index (χ1v) is 9.80. The number of hydrogen-bond acceptors (Lipinski definition) is 8. The Bertz CT molecular complexity index is 713. The number of carboxylic acid groups (broad SMARTS) is 2. The molecular formula is C18H31N5O9. The molecule has 0 aliphatic heterocycles. The number of aliphatic hydroxyl groups excluding tert-OH is 1. The van der Waals surface area contributed by atoms with Crippen LogP contribution in [0, 0.1) is 5.92 Å². The first-order valence-electron chi connectivity index (χ1n) is 9.80. The molecule has 14 heteroatoms. The van der Waals surface area contributed by atoms with E-state index in [1.807, 2.05) is 0 Å². The number of primary amides is 1. The second-order valence-corrected chi connectivity index (χ2v) is 7.42. The molecule has 0 radical (unpaired) electrons. The lowest BCUT2D eigenvalue weighted by Crippen LogP contribution is -2.58. The van der Waals surface area contributed by atoms with Gasteiger partial charge in [-0.25, -0.2) is 4.79 Å². The number of carboxylic acids is 2. The lowest BCUT2D eigenvalue weighted by atomic mass is 10.0. The van der Waals surface area contributed by atoms with Gasteiger partial charge in [0, 0.05) is 12.8 Å². The molecule has 4 atom stereocenters. The molecule has 0 rings (SSSR count). The van der Waals surface area contributed by atoms with Gasteiger partial charge in [-0.2, -0.15) is 0 Å². The van der Waals surface area contributed by atoms with Gasteiger partial charge in [0.1, 0.15) is 24.2 Å². The SMILES string of the molecule is CC(C)C(NC(=O)C(CCC(=O)O)NC(=O)C(N)CO)C(=O)NC(CCC(N)=O)C(=O)O. The lowest BCUT2D eigenvalue weighted by molar-refractivity contribution is -0.143. The molecule has 0 saturated heterocycles. The number of rotatable bonds is 15. The van der Waals surface area contributed by atoms with Gasteiger partial charge in [-0.3, -0.25) is 24.0 Å². The van der Waals surface area contributed by atoms with Crippen molar-refractivity contribution in [1.82, 2.24) is 16.0 Å². The van der Waals surface area contributed by atoms with E-state index in [-0.39, 0.29) is 19.3 Å². The molecule has 0 aromatic rings. The fourth-order valence-electron chi connectivity index (χ4n) is 2.49. The fraction of sp³-hybridized carbons (Fsp3) is 0.667. The van der Waals surface area contributed by atoms with Crippen LogP contribution in [-0.4, -0.2) is 81.7 Å². The first kappa shape index (κ1) is 28.7. The minimum atomic E-state index is -1.43. The minimum Gasteiger partial charge on any atom is -0.481 e. The molecule has 0 spiro atoms. The predicted octanol–water partition coefficient (Wildman–Crippen LogP) is -3.37. The molecule has 0 saturated carbocycles. The van der Waals surface area contributed by atoms with Crippen LogP contribution in [0.15, 0.2) is 0 Å². The Kier molecular flexibility index (Phi) is 12.5. The van der Waals surface area contributed by atoms with E-state index in [1.165, 1.54) is 0 Å². The molecule has 4 amide bonds. The Balaban J connectivity index is 5.42. The summed E-state index contributed by atoms with van der Waals surface area (Å²) >= 11 is 0. The molecule has 0 fully saturated rings. The number of aliphatic carboxylic acids is 2. The van der Waals surface area contributed by atoms with E-state index in [1.54, 1.807) is 13.8 Å². The van der Waals surface area contributed by atoms with Crippen molar-refractivity contribution >= 4 is 35.6 Å². The quantitative estimate of drug-likeness (QED) is 0.120. The Hall–Kier alpha value is -3.26. The Labute approximate surface area is 184 Å². The Morgan fingerprint density at radius 3 is 1.78 bits per heavy atom. The van der Waals surface area contributed by atoms with Crippen LogP contribution in [0.2, 0.25) is 0 Å². The average Bonchev–Trinajstić information content (AvgIpc) is 2.70. The maximum atomic E-state index is 12.7. The number of nitrogens with one attached hydrogen (secondary N) is 3. The smallest absolute Gasteiger partial charge is 0.326 e. The number of hydrogen-bond donors (Lipinski definition) is 8. The monoisotopic (exact) mass is 461 g/mol. The van der Waals surface area contributed by atoms with Crippen LogP contribution < -0.4 is 27.4 Å². The van der Waals surface area contributed by atoms with Crippen molar-refractivity contribution in [3.63, 3.8) is 0 Å². The van der Waals surface area contributed by atoms with Crippen LogP contribution in [0.5, 0.6) is 0 Å². The lowest BCUT2D eigenvalue weighted by Gasteiger charge is -2.26. The standard InChI is InChI=1S/C18H31N5O9/c1-8(2)14(17(30)22-11(18(31)32)3-5-12(20)25)23-16(29)10(4-6-13(26)27)21-15(28)9(19)7-24/h8-11,14,24H,3-7,19H2,1-2H3,(H2,20,25)(H,21,28)(H,22,30)(H,23,29)(H,26,27)(H,31,32). The number of aliphatic hydroxyl groups is 1. The van der Waals surface area contributed by atoms with Gasteiger partial charge in [-0.1, -0.05) is 13.8 Å². The molecule has 14 nitrogen and oxygen atoms in total. The summed E-state index contributed by atoms with van der Waals surface area (Å²) in [7, 11) is 0. The van der Waals surface area contributed by atoms with Crippen LogP contribution >= 0.6 is 0 Å². The van der Waals surface area contributed by atoms with Crippen molar-refractivity contribution in [3.05, 3.63) is 0 Å². The van der Waals surface area contributed by atoms with Crippen LogP contribution in [0.3, 0.4) is 0 Å². The maximum absolute atomic E-state index is 12.7. The van der Waals surface area contributed by atoms with Gasteiger partial charge in [-0.15, -0.1) is 0 Å². The van der Waals surface area contributed by atoms with E-state index < -0.39 is 78.7 Å². The molecule has 0 aliphatic rings. The molecule has 10 N–H and O–H groups in total. The fourth-order valence-corrected chi connectivity index (χ4v) is 2.49. The van der Waals surface area contributed by atoms with Crippen LogP contribution in [0.25, 0.3) is 0 Å².